The number of fused-ring (bicyclic) bond motifs is 1. The second-order valence-corrected chi connectivity index (χ2v) is 6.93. The molecule has 1 amide bonds. The van der Waals surface area contributed by atoms with Gasteiger partial charge in [0.15, 0.2) is 5.82 Å². The van der Waals surface area contributed by atoms with Crippen LogP contribution in [0.15, 0.2) is 78.9 Å². The molecule has 30 heavy (non-hydrogen) atoms. The molecule has 0 aliphatic rings. The summed E-state index contributed by atoms with van der Waals surface area (Å²) in [4.78, 5) is 17.4. The van der Waals surface area contributed by atoms with Gasteiger partial charge >= 0.3 is 0 Å². The fourth-order valence-corrected chi connectivity index (χ4v) is 3.44. The van der Waals surface area contributed by atoms with E-state index in [1.54, 1.807) is 6.07 Å². The standard InChI is InChI=1S/C25H19N3O.H3N/c1-17-8-7-11-19(14-17)25(29)28-24-22(16-26)21(15-18-9-3-2-4-10-18)20-12-5-6-13-23(20)27-24;/h2-14H,15H2,1H3,(H,27,28,29);1H3. The summed E-state index contributed by atoms with van der Waals surface area (Å²) in [5.41, 5.74) is 4.63. The minimum atomic E-state index is -0.279. The van der Waals surface area contributed by atoms with Crippen molar-refractivity contribution in [2.24, 2.45) is 0 Å². The molecular weight excluding hydrogens is 372 g/mol. The molecule has 3 aromatic carbocycles. The molecular formula is C25H22N4O. The summed E-state index contributed by atoms with van der Waals surface area (Å²) < 4.78 is 0. The Bertz CT molecular complexity index is 1240. The number of pyridine rings is 1. The van der Waals surface area contributed by atoms with E-state index >= 15 is 0 Å². The van der Waals surface area contributed by atoms with Crippen molar-refractivity contribution < 1.29 is 4.79 Å². The molecule has 0 fully saturated rings. The third-order valence-corrected chi connectivity index (χ3v) is 4.85. The number of nitrogens with one attached hydrogen (secondary N) is 1. The van der Waals surface area contributed by atoms with Gasteiger partial charge in [-0.2, -0.15) is 5.26 Å². The van der Waals surface area contributed by atoms with Crippen LogP contribution in [0.2, 0.25) is 0 Å². The summed E-state index contributed by atoms with van der Waals surface area (Å²) in [6.07, 6.45) is 0.583. The molecule has 5 heteroatoms. The first kappa shape index (κ1) is 20.7. The molecule has 148 valence electrons. The van der Waals surface area contributed by atoms with Crippen molar-refractivity contribution in [3.05, 3.63) is 107 Å². The van der Waals surface area contributed by atoms with Crippen LogP contribution in [0.1, 0.15) is 32.6 Å². The van der Waals surface area contributed by atoms with Crippen molar-refractivity contribution in [2.45, 2.75) is 13.3 Å². The lowest BCUT2D eigenvalue weighted by Gasteiger charge is -2.14. The summed E-state index contributed by atoms with van der Waals surface area (Å²) in [7, 11) is 0. The van der Waals surface area contributed by atoms with Crippen LogP contribution in [0.25, 0.3) is 10.9 Å². The van der Waals surface area contributed by atoms with Crippen molar-refractivity contribution in [1.29, 1.82) is 5.26 Å². The first-order chi connectivity index (χ1) is 14.2. The van der Waals surface area contributed by atoms with Crippen LogP contribution >= 0.6 is 0 Å². The van der Waals surface area contributed by atoms with Crippen LogP contribution in [0.3, 0.4) is 0 Å². The quantitative estimate of drug-likeness (QED) is 0.482. The van der Waals surface area contributed by atoms with Crippen LogP contribution in [0, 0.1) is 18.3 Å². The second-order valence-electron chi connectivity index (χ2n) is 6.93. The highest BCUT2D eigenvalue weighted by atomic mass is 16.1. The number of para-hydroxylation sites is 1. The molecule has 0 aliphatic heterocycles. The number of anilines is 1. The molecule has 4 aromatic rings. The van der Waals surface area contributed by atoms with E-state index in [9.17, 15) is 10.1 Å². The summed E-state index contributed by atoms with van der Waals surface area (Å²) in [6.45, 7) is 1.93. The Morgan fingerprint density at radius 2 is 1.73 bits per heavy atom. The van der Waals surface area contributed by atoms with Gasteiger partial charge in [-0.1, -0.05) is 66.2 Å². The predicted octanol–water partition coefficient (Wildman–Crippen LogP) is 5.42. The molecule has 4 rings (SSSR count). The number of nitriles is 1. The van der Waals surface area contributed by atoms with E-state index in [1.807, 2.05) is 79.7 Å². The number of carbonyl (C=O) groups is 1. The molecule has 4 N–H and O–H groups in total. The fourth-order valence-electron chi connectivity index (χ4n) is 3.44. The number of hydrogen-bond donors (Lipinski definition) is 2. The van der Waals surface area contributed by atoms with Gasteiger partial charge in [0.05, 0.1) is 11.1 Å². The third-order valence-electron chi connectivity index (χ3n) is 4.85. The lowest BCUT2D eigenvalue weighted by molar-refractivity contribution is 0.102. The van der Waals surface area contributed by atoms with E-state index in [1.165, 1.54) is 0 Å². The topological polar surface area (TPSA) is 101 Å². The number of aromatic nitrogens is 1. The highest BCUT2D eigenvalue weighted by Gasteiger charge is 2.18. The Balaban J connectivity index is 0.00000256. The van der Waals surface area contributed by atoms with Crippen LogP contribution < -0.4 is 11.5 Å². The van der Waals surface area contributed by atoms with E-state index < -0.39 is 0 Å². The highest BCUT2D eigenvalue weighted by molar-refractivity contribution is 6.05. The van der Waals surface area contributed by atoms with Gasteiger partial charge in [-0.15, -0.1) is 0 Å². The average molecular weight is 394 g/mol. The van der Waals surface area contributed by atoms with E-state index in [0.29, 0.717) is 23.4 Å². The Kier molecular flexibility index (Phi) is 6.21. The summed E-state index contributed by atoms with van der Waals surface area (Å²) in [5, 5.41) is 13.7. The van der Waals surface area contributed by atoms with Crippen molar-refractivity contribution >= 4 is 22.6 Å². The number of rotatable bonds is 4. The fraction of sp³-hybridized carbons (Fsp3) is 0.0800. The minimum absolute atomic E-state index is 0. The van der Waals surface area contributed by atoms with E-state index in [4.69, 9.17) is 0 Å². The number of amides is 1. The lowest BCUT2D eigenvalue weighted by Crippen LogP contribution is -2.15. The monoisotopic (exact) mass is 394 g/mol. The number of hydrogen-bond acceptors (Lipinski definition) is 4. The average Bonchev–Trinajstić information content (AvgIpc) is 2.74. The highest BCUT2D eigenvalue weighted by Crippen LogP contribution is 2.28. The maximum absolute atomic E-state index is 12.8. The Hall–Kier alpha value is -4.01. The van der Waals surface area contributed by atoms with Gasteiger partial charge in [0.25, 0.3) is 5.91 Å². The molecule has 1 aromatic heterocycles. The van der Waals surface area contributed by atoms with Gasteiger partial charge in [-0.05, 0) is 42.7 Å². The van der Waals surface area contributed by atoms with E-state index in [2.05, 4.69) is 16.4 Å². The molecule has 0 radical (unpaired) electrons. The maximum Gasteiger partial charge on any atom is 0.256 e. The molecule has 0 atom stereocenters. The second kappa shape index (κ2) is 8.99. The Morgan fingerprint density at radius 3 is 2.47 bits per heavy atom. The predicted molar refractivity (Wildman–Crippen MR) is 120 cm³/mol. The normalized spacial score (nSPS) is 10.1. The van der Waals surface area contributed by atoms with Gasteiger partial charge in [0, 0.05) is 10.9 Å². The van der Waals surface area contributed by atoms with Crippen LogP contribution in [-0.4, -0.2) is 10.9 Å². The largest absolute Gasteiger partial charge is 0.344 e. The number of benzene rings is 3. The molecule has 0 unspecified atom stereocenters. The van der Waals surface area contributed by atoms with Crippen molar-refractivity contribution in [3.8, 4) is 6.07 Å². The molecule has 0 saturated carbocycles. The van der Waals surface area contributed by atoms with E-state index in [0.717, 1.165) is 27.6 Å². The van der Waals surface area contributed by atoms with Gasteiger partial charge in [0.1, 0.15) is 6.07 Å². The van der Waals surface area contributed by atoms with Gasteiger partial charge < -0.3 is 11.5 Å². The van der Waals surface area contributed by atoms with Gasteiger partial charge in [-0.25, -0.2) is 4.98 Å². The third kappa shape index (κ3) is 4.19. The lowest BCUT2D eigenvalue weighted by atomic mass is 9.96. The Morgan fingerprint density at radius 1 is 1.00 bits per heavy atom. The molecule has 0 spiro atoms. The molecule has 5 nitrogen and oxygen atoms in total. The van der Waals surface area contributed by atoms with Gasteiger partial charge in [0.2, 0.25) is 0 Å². The smallest absolute Gasteiger partial charge is 0.256 e. The summed E-state index contributed by atoms with van der Waals surface area (Å²) >= 11 is 0. The zero-order chi connectivity index (χ0) is 20.2. The van der Waals surface area contributed by atoms with Crippen LogP contribution in [0.5, 0.6) is 0 Å². The van der Waals surface area contributed by atoms with Crippen LogP contribution in [0.4, 0.5) is 5.82 Å². The zero-order valence-corrected chi connectivity index (χ0v) is 16.7. The first-order valence-corrected chi connectivity index (χ1v) is 9.39. The zero-order valence-electron chi connectivity index (χ0n) is 16.7. The molecule has 0 saturated heterocycles. The molecule has 0 bridgehead atoms. The summed E-state index contributed by atoms with van der Waals surface area (Å²) in [6, 6.07) is 27.3. The minimum Gasteiger partial charge on any atom is -0.344 e. The maximum atomic E-state index is 12.8. The summed E-state index contributed by atoms with van der Waals surface area (Å²) in [5.74, 6) is 0.0160. The Labute approximate surface area is 175 Å². The number of carbonyl (C=O) groups excluding carboxylic acids is 1. The first-order valence-electron chi connectivity index (χ1n) is 9.39. The number of aryl methyl sites for hydroxylation is 1. The molecule has 0 aliphatic carbocycles. The molecule has 1 heterocycles. The van der Waals surface area contributed by atoms with Crippen molar-refractivity contribution in [3.63, 3.8) is 0 Å². The van der Waals surface area contributed by atoms with Crippen molar-refractivity contribution in [1.82, 2.24) is 11.1 Å². The SMILES string of the molecule is Cc1cccc(C(=O)Nc2nc3ccccc3c(Cc3ccccc3)c2C#N)c1.N. The number of nitrogens with zero attached hydrogens (tertiary/aromatic N) is 2. The van der Waals surface area contributed by atoms with E-state index in [-0.39, 0.29) is 12.1 Å². The van der Waals surface area contributed by atoms with Crippen LogP contribution in [-0.2, 0) is 6.42 Å². The van der Waals surface area contributed by atoms with Gasteiger partial charge in [-0.3, -0.25) is 4.79 Å². The van der Waals surface area contributed by atoms with Crippen molar-refractivity contribution in [2.75, 3.05) is 5.32 Å².